The molecule has 1 aliphatic heterocycles. The quantitative estimate of drug-likeness (QED) is 0.467. The van der Waals surface area contributed by atoms with Crippen molar-refractivity contribution in [1.29, 1.82) is 0 Å². The summed E-state index contributed by atoms with van der Waals surface area (Å²) in [5.74, 6) is -1.46. The molecule has 2 aromatic heterocycles. The molecule has 1 fully saturated rings. The van der Waals surface area contributed by atoms with Crippen molar-refractivity contribution in [2.24, 2.45) is 0 Å². The van der Waals surface area contributed by atoms with Gasteiger partial charge in [-0.3, -0.25) is 19.9 Å². The number of benzene rings is 1. The predicted molar refractivity (Wildman–Crippen MR) is 119 cm³/mol. The van der Waals surface area contributed by atoms with Crippen molar-refractivity contribution >= 4 is 52.8 Å². The smallest absolute Gasteiger partial charge is 0.318 e. The summed E-state index contributed by atoms with van der Waals surface area (Å²) in [7, 11) is 0. The minimum atomic E-state index is -0.806. The van der Waals surface area contributed by atoms with Crippen LogP contribution in [0.5, 0.6) is 0 Å². The van der Waals surface area contributed by atoms with E-state index in [9.17, 15) is 14.4 Å². The number of halogens is 2. The first-order valence-electron chi connectivity index (χ1n) is 9.24. The molecule has 9 heteroatoms. The van der Waals surface area contributed by atoms with Crippen LogP contribution < -0.4 is 10.2 Å². The minimum absolute atomic E-state index is 0.147. The molecule has 0 bridgehead atoms. The van der Waals surface area contributed by atoms with Crippen LogP contribution in [0.1, 0.15) is 17.0 Å². The van der Waals surface area contributed by atoms with Crippen LogP contribution in [0, 0.1) is 13.8 Å². The van der Waals surface area contributed by atoms with Crippen LogP contribution in [0.4, 0.5) is 10.5 Å². The molecule has 156 valence electrons. The molecular formula is C22H16Cl2N4O3. The summed E-state index contributed by atoms with van der Waals surface area (Å²) in [4.78, 5) is 42.6. The van der Waals surface area contributed by atoms with E-state index in [2.05, 4.69) is 10.3 Å². The maximum Gasteiger partial charge on any atom is 0.335 e. The molecule has 0 unspecified atom stereocenters. The predicted octanol–water partition coefficient (Wildman–Crippen LogP) is 4.46. The molecule has 0 aliphatic carbocycles. The van der Waals surface area contributed by atoms with Crippen LogP contribution in [-0.2, 0) is 9.59 Å². The summed E-state index contributed by atoms with van der Waals surface area (Å²) in [6, 6.07) is 9.34. The van der Waals surface area contributed by atoms with E-state index >= 15 is 0 Å². The monoisotopic (exact) mass is 454 g/mol. The molecular weight excluding hydrogens is 439 g/mol. The lowest BCUT2D eigenvalue weighted by Gasteiger charge is -2.26. The maximum atomic E-state index is 13.0. The van der Waals surface area contributed by atoms with E-state index in [-0.39, 0.29) is 5.57 Å². The molecule has 3 aromatic rings. The van der Waals surface area contributed by atoms with E-state index in [0.29, 0.717) is 21.3 Å². The Bertz CT molecular complexity index is 1270. The van der Waals surface area contributed by atoms with Gasteiger partial charge in [0.25, 0.3) is 11.8 Å². The number of nitrogens with zero attached hydrogens (tertiary/aromatic N) is 3. The van der Waals surface area contributed by atoms with Crippen LogP contribution in [0.25, 0.3) is 11.8 Å². The van der Waals surface area contributed by atoms with E-state index in [4.69, 9.17) is 23.2 Å². The molecule has 0 saturated carbocycles. The van der Waals surface area contributed by atoms with Gasteiger partial charge in [0.15, 0.2) is 0 Å². The minimum Gasteiger partial charge on any atom is -0.318 e. The summed E-state index contributed by atoms with van der Waals surface area (Å²) in [5.41, 5.74) is 3.28. The van der Waals surface area contributed by atoms with E-state index in [1.807, 2.05) is 30.5 Å². The second kappa shape index (κ2) is 8.02. The number of rotatable bonds is 3. The molecule has 4 amide bonds. The van der Waals surface area contributed by atoms with Crippen molar-refractivity contribution < 1.29 is 14.4 Å². The first-order chi connectivity index (χ1) is 14.8. The third-order valence-electron chi connectivity index (χ3n) is 4.95. The zero-order valence-electron chi connectivity index (χ0n) is 16.5. The fraction of sp³-hybridized carbons (Fsp3) is 0.0909. The van der Waals surface area contributed by atoms with Crippen LogP contribution in [0.15, 0.2) is 54.4 Å². The van der Waals surface area contributed by atoms with Gasteiger partial charge in [0.2, 0.25) is 0 Å². The molecule has 0 spiro atoms. The van der Waals surface area contributed by atoms with Crippen LogP contribution in [0.2, 0.25) is 10.0 Å². The van der Waals surface area contributed by atoms with Gasteiger partial charge in [-0.25, -0.2) is 9.69 Å². The summed E-state index contributed by atoms with van der Waals surface area (Å²) < 4.78 is 1.94. The van der Waals surface area contributed by atoms with Crippen molar-refractivity contribution in [2.75, 3.05) is 4.90 Å². The SMILES string of the molecule is Cc1cc(/C=C2/C(=O)NC(=O)N(c3ccncc3)C2=O)c(C)n1-c1ccc(Cl)c(Cl)c1. The molecule has 7 nitrogen and oxygen atoms in total. The Balaban J connectivity index is 1.77. The van der Waals surface area contributed by atoms with Gasteiger partial charge in [-0.2, -0.15) is 0 Å². The number of nitrogens with one attached hydrogen (secondary N) is 1. The van der Waals surface area contributed by atoms with Crippen LogP contribution in [-0.4, -0.2) is 27.4 Å². The number of hydrogen-bond acceptors (Lipinski definition) is 4. The Morgan fingerprint density at radius 2 is 1.65 bits per heavy atom. The van der Waals surface area contributed by atoms with E-state index in [1.165, 1.54) is 30.6 Å². The first-order valence-corrected chi connectivity index (χ1v) is 9.99. The molecule has 0 radical (unpaired) electrons. The lowest BCUT2D eigenvalue weighted by molar-refractivity contribution is -0.122. The lowest BCUT2D eigenvalue weighted by atomic mass is 10.1. The highest BCUT2D eigenvalue weighted by Crippen LogP contribution is 2.29. The second-order valence-corrected chi connectivity index (χ2v) is 7.74. The number of pyridine rings is 1. The average molecular weight is 455 g/mol. The number of imide groups is 2. The zero-order valence-corrected chi connectivity index (χ0v) is 18.0. The largest absolute Gasteiger partial charge is 0.335 e. The van der Waals surface area contributed by atoms with Crippen molar-refractivity contribution in [3.8, 4) is 5.69 Å². The van der Waals surface area contributed by atoms with Gasteiger partial charge in [-0.1, -0.05) is 23.2 Å². The highest BCUT2D eigenvalue weighted by molar-refractivity contribution is 6.42. The standard InChI is InChI=1S/C22H16Cl2N4O3/c1-12-9-14(13(2)27(12)16-3-4-18(23)19(24)11-16)10-17-20(29)26-22(31)28(21(17)30)15-5-7-25-8-6-15/h3-11H,1-2H3,(H,26,29,31)/b17-10-. The fourth-order valence-electron chi connectivity index (χ4n) is 3.50. The summed E-state index contributed by atoms with van der Waals surface area (Å²) >= 11 is 12.2. The Hall–Kier alpha value is -3.42. The number of aromatic nitrogens is 2. The van der Waals surface area contributed by atoms with Gasteiger partial charge >= 0.3 is 6.03 Å². The highest BCUT2D eigenvalue weighted by Gasteiger charge is 2.37. The molecule has 1 aromatic carbocycles. The highest BCUT2D eigenvalue weighted by atomic mass is 35.5. The van der Waals surface area contributed by atoms with Gasteiger partial charge in [0, 0.05) is 29.5 Å². The normalized spacial score (nSPS) is 15.5. The topological polar surface area (TPSA) is 84.3 Å². The fourth-order valence-corrected chi connectivity index (χ4v) is 3.79. The Morgan fingerprint density at radius 1 is 0.935 bits per heavy atom. The number of anilines is 1. The van der Waals surface area contributed by atoms with Crippen LogP contribution >= 0.6 is 23.2 Å². The molecule has 0 atom stereocenters. The van der Waals surface area contributed by atoms with Gasteiger partial charge < -0.3 is 4.57 Å². The van der Waals surface area contributed by atoms with Crippen molar-refractivity contribution in [3.63, 3.8) is 0 Å². The van der Waals surface area contributed by atoms with Gasteiger partial charge in [0.05, 0.1) is 15.7 Å². The van der Waals surface area contributed by atoms with Crippen molar-refractivity contribution in [2.45, 2.75) is 13.8 Å². The molecule has 4 rings (SSSR count). The summed E-state index contributed by atoms with van der Waals surface area (Å²) in [6.45, 7) is 3.76. The molecule has 31 heavy (non-hydrogen) atoms. The van der Waals surface area contributed by atoms with E-state index in [0.717, 1.165) is 22.0 Å². The lowest BCUT2D eigenvalue weighted by Crippen LogP contribution is -2.54. The Morgan fingerprint density at radius 3 is 2.32 bits per heavy atom. The van der Waals surface area contributed by atoms with Gasteiger partial charge in [-0.15, -0.1) is 0 Å². The maximum absolute atomic E-state index is 13.0. The molecule has 1 N–H and O–H groups in total. The number of urea groups is 1. The number of amides is 4. The number of barbiturate groups is 1. The number of carbonyl (C=O) groups is 3. The Labute approximate surface area is 187 Å². The van der Waals surface area contributed by atoms with Crippen LogP contribution in [0.3, 0.4) is 0 Å². The molecule has 1 saturated heterocycles. The third-order valence-corrected chi connectivity index (χ3v) is 5.69. The zero-order chi connectivity index (χ0) is 22.3. The second-order valence-electron chi connectivity index (χ2n) is 6.92. The van der Waals surface area contributed by atoms with E-state index < -0.39 is 17.8 Å². The Kier molecular flexibility index (Phi) is 5.39. The van der Waals surface area contributed by atoms with Gasteiger partial charge in [0.1, 0.15) is 5.57 Å². The number of carbonyl (C=O) groups excluding carboxylic acids is 3. The van der Waals surface area contributed by atoms with Crippen molar-refractivity contribution in [1.82, 2.24) is 14.9 Å². The summed E-state index contributed by atoms with van der Waals surface area (Å²) in [5, 5.41) is 3.08. The number of aryl methyl sites for hydroxylation is 1. The molecule has 3 heterocycles. The average Bonchev–Trinajstić information content (AvgIpc) is 3.01. The van der Waals surface area contributed by atoms with Gasteiger partial charge in [-0.05, 0) is 61.9 Å². The first kappa shape index (κ1) is 20.8. The summed E-state index contributed by atoms with van der Waals surface area (Å²) in [6.07, 6.45) is 4.40. The number of hydrogen-bond donors (Lipinski definition) is 1. The van der Waals surface area contributed by atoms with Crippen molar-refractivity contribution in [3.05, 3.63) is 81.4 Å². The van der Waals surface area contributed by atoms with E-state index in [1.54, 1.807) is 12.1 Å². The molecule has 1 aliphatic rings. The third kappa shape index (κ3) is 3.73.